The lowest BCUT2D eigenvalue weighted by Crippen LogP contribution is -2.49. The van der Waals surface area contributed by atoms with Gasteiger partial charge in [-0.05, 0) is 35.9 Å². The van der Waals surface area contributed by atoms with E-state index in [1.807, 2.05) is 17.0 Å². The number of imide groups is 1. The molecule has 7 nitrogen and oxygen atoms in total. The number of nitrogens with one attached hydrogen (secondary N) is 2. The number of likely N-dealkylation sites (tertiary alicyclic amines) is 1. The van der Waals surface area contributed by atoms with Crippen molar-refractivity contribution in [3.63, 3.8) is 0 Å². The van der Waals surface area contributed by atoms with E-state index in [4.69, 9.17) is 0 Å². The first-order chi connectivity index (χ1) is 15.3. The highest BCUT2D eigenvalue weighted by molar-refractivity contribution is 6.07. The van der Waals surface area contributed by atoms with Crippen molar-refractivity contribution in [2.45, 2.75) is 31.7 Å². The molecule has 2 aromatic carbocycles. The van der Waals surface area contributed by atoms with Crippen LogP contribution in [-0.4, -0.2) is 48.3 Å². The largest absolute Gasteiger partial charge is 0.328 e. The molecule has 168 valence electrons. The van der Waals surface area contributed by atoms with Crippen molar-refractivity contribution >= 4 is 29.2 Å². The maximum absolute atomic E-state index is 13.3. The molecule has 4 amide bonds. The van der Waals surface area contributed by atoms with Crippen molar-refractivity contribution in [1.82, 2.24) is 10.2 Å². The summed E-state index contributed by atoms with van der Waals surface area (Å²) in [5, 5.41) is 5.09. The van der Waals surface area contributed by atoms with Crippen molar-refractivity contribution in [2.24, 2.45) is 0 Å². The third kappa shape index (κ3) is 5.28. The highest BCUT2D eigenvalue weighted by Crippen LogP contribution is 2.28. The Morgan fingerprint density at radius 2 is 1.75 bits per heavy atom. The van der Waals surface area contributed by atoms with E-state index in [0.29, 0.717) is 36.6 Å². The van der Waals surface area contributed by atoms with Crippen LogP contribution in [0.15, 0.2) is 48.5 Å². The fourth-order valence-corrected chi connectivity index (χ4v) is 3.82. The summed E-state index contributed by atoms with van der Waals surface area (Å²) in [6.45, 7) is 1.56. The third-order valence-corrected chi connectivity index (χ3v) is 5.68. The summed E-state index contributed by atoms with van der Waals surface area (Å²) >= 11 is 0. The summed E-state index contributed by atoms with van der Waals surface area (Å²) < 4.78 is 26.6. The van der Waals surface area contributed by atoms with E-state index in [1.54, 1.807) is 36.4 Å². The SMILES string of the molecule is O=C1CCN(c2cccc(NC(=O)c3ccc(CN4CCC(F)(F)CC4)cc3)c2)C(=O)N1. The second-order valence-electron chi connectivity index (χ2n) is 8.09. The normalized spacial score (nSPS) is 18.9. The van der Waals surface area contributed by atoms with Gasteiger partial charge >= 0.3 is 6.03 Å². The molecule has 0 unspecified atom stereocenters. The molecule has 0 saturated carbocycles. The average Bonchev–Trinajstić information content (AvgIpc) is 2.76. The van der Waals surface area contributed by atoms with Crippen LogP contribution in [0.2, 0.25) is 0 Å². The number of amides is 4. The van der Waals surface area contributed by atoms with E-state index in [9.17, 15) is 23.2 Å². The Morgan fingerprint density at radius 3 is 2.44 bits per heavy atom. The Hall–Kier alpha value is -3.33. The number of anilines is 2. The van der Waals surface area contributed by atoms with Gasteiger partial charge in [0.05, 0.1) is 0 Å². The van der Waals surface area contributed by atoms with Crippen LogP contribution in [0.5, 0.6) is 0 Å². The van der Waals surface area contributed by atoms with Gasteiger partial charge in [-0.3, -0.25) is 24.7 Å². The number of piperidine rings is 1. The van der Waals surface area contributed by atoms with Crippen molar-refractivity contribution in [3.8, 4) is 0 Å². The van der Waals surface area contributed by atoms with Crippen LogP contribution in [0.1, 0.15) is 35.2 Å². The minimum atomic E-state index is -2.56. The summed E-state index contributed by atoms with van der Waals surface area (Å²) in [4.78, 5) is 39.4. The number of carbonyl (C=O) groups is 3. The Bertz CT molecular complexity index is 1020. The smallest absolute Gasteiger partial charge is 0.322 e. The molecule has 9 heteroatoms. The topological polar surface area (TPSA) is 81.8 Å². The average molecular weight is 442 g/mol. The van der Waals surface area contributed by atoms with Crippen molar-refractivity contribution < 1.29 is 23.2 Å². The molecule has 2 saturated heterocycles. The van der Waals surface area contributed by atoms with Gasteiger partial charge in [-0.25, -0.2) is 13.6 Å². The minimum Gasteiger partial charge on any atom is -0.322 e. The molecule has 0 spiro atoms. The van der Waals surface area contributed by atoms with Crippen LogP contribution < -0.4 is 15.5 Å². The molecule has 0 aromatic heterocycles. The lowest BCUT2D eigenvalue weighted by atomic mass is 10.1. The maximum atomic E-state index is 13.3. The molecule has 2 aromatic rings. The van der Waals surface area contributed by atoms with Gasteiger partial charge in [0, 0.05) is 62.4 Å². The molecule has 0 atom stereocenters. The predicted molar refractivity (Wildman–Crippen MR) is 116 cm³/mol. The summed E-state index contributed by atoms with van der Waals surface area (Å²) in [5.41, 5.74) is 2.52. The Kier molecular flexibility index (Phi) is 6.18. The van der Waals surface area contributed by atoms with Crippen LogP contribution >= 0.6 is 0 Å². The first-order valence-electron chi connectivity index (χ1n) is 10.5. The van der Waals surface area contributed by atoms with E-state index >= 15 is 0 Å². The fraction of sp³-hybridized carbons (Fsp3) is 0.348. The Balaban J connectivity index is 1.36. The molecule has 2 aliphatic heterocycles. The van der Waals surface area contributed by atoms with Gasteiger partial charge in [-0.15, -0.1) is 0 Å². The first-order valence-corrected chi connectivity index (χ1v) is 10.5. The molecule has 32 heavy (non-hydrogen) atoms. The van der Waals surface area contributed by atoms with E-state index in [2.05, 4.69) is 10.6 Å². The number of hydrogen-bond donors (Lipinski definition) is 2. The maximum Gasteiger partial charge on any atom is 0.328 e. The van der Waals surface area contributed by atoms with Gasteiger partial charge in [0.1, 0.15) is 0 Å². The van der Waals surface area contributed by atoms with Crippen LogP contribution in [0.25, 0.3) is 0 Å². The molecule has 2 aliphatic rings. The van der Waals surface area contributed by atoms with Crippen molar-refractivity contribution in [1.29, 1.82) is 0 Å². The molecule has 2 N–H and O–H groups in total. The number of urea groups is 1. The molecule has 4 rings (SSSR count). The zero-order valence-corrected chi connectivity index (χ0v) is 17.4. The van der Waals surface area contributed by atoms with Crippen LogP contribution in [0, 0.1) is 0 Å². The van der Waals surface area contributed by atoms with Gasteiger partial charge in [-0.2, -0.15) is 0 Å². The number of nitrogens with zero attached hydrogens (tertiary/aromatic N) is 2. The third-order valence-electron chi connectivity index (χ3n) is 5.68. The number of rotatable bonds is 5. The van der Waals surface area contributed by atoms with Gasteiger partial charge in [0.25, 0.3) is 11.8 Å². The second-order valence-corrected chi connectivity index (χ2v) is 8.09. The standard InChI is InChI=1S/C23H24F2N4O3/c24-23(25)9-12-28(13-10-23)15-16-4-6-17(7-5-16)21(31)26-18-2-1-3-19(14-18)29-11-8-20(30)27-22(29)32/h1-7,14H,8-13,15H2,(H,26,31)(H,27,30,32). The van der Waals surface area contributed by atoms with Crippen LogP contribution in [0.4, 0.5) is 25.0 Å². The van der Waals surface area contributed by atoms with E-state index in [1.165, 1.54) is 4.90 Å². The summed E-state index contributed by atoms with van der Waals surface area (Å²) in [6.07, 6.45) is -0.0293. The van der Waals surface area contributed by atoms with Gasteiger partial charge < -0.3 is 5.32 Å². The second kappa shape index (κ2) is 9.04. The first kappa shape index (κ1) is 21.9. The summed E-state index contributed by atoms with van der Waals surface area (Å²) in [5.74, 6) is -3.17. The van der Waals surface area contributed by atoms with Crippen LogP contribution in [-0.2, 0) is 11.3 Å². The molecule has 0 radical (unpaired) electrons. The van der Waals surface area contributed by atoms with Gasteiger partial charge in [0.2, 0.25) is 5.91 Å². The molecular formula is C23H24F2N4O3. The summed E-state index contributed by atoms with van der Waals surface area (Å²) in [7, 11) is 0. The zero-order chi connectivity index (χ0) is 22.7. The highest BCUT2D eigenvalue weighted by Gasteiger charge is 2.33. The molecule has 0 bridgehead atoms. The Morgan fingerprint density at radius 1 is 1.03 bits per heavy atom. The highest BCUT2D eigenvalue weighted by atomic mass is 19.3. The van der Waals surface area contributed by atoms with Crippen molar-refractivity contribution in [2.75, 3.05) is 29.9 Å². The lowest BCUT2D eigenvalue weighted by molar-refractivity contribution is -0.120. The number of benzene rings is 2. The minimum absolute atomic E-state index is 0.123. The predicted octanol–water partition coefficient (Wildman–Crippen LogP) is 3.62. The van der Waals surface area contributed by atoms with Crippen molar-refractivity contribution in [3.05, 3.63) is 59.7 Å². The fourth-order valence-electron chi connectivity index (χ4n) is 3.82. The monoisotopic (exact) mass is 442 g/mol. The van der Waals surface area contributed by atoms with E-state index in [0.717, 1.165) is 5.56 Å². The van der Waals surface area contributed by atoms with Gasteiger partial charge in [0.15, 0.2) is 0 Å². The zero-order valence-electron chi connectivity index (χ0n) is 17.4. The molecule has 2 fully saturated rings. The molecule has 0 aliphatic carbocycles. The van der Waals surface area contributed by atoms with E-state index < -0.39 is 12.0 Å². The Labute approximate surface area is 184 Å². The molecular weight excluding hydrogens is 418 g/mol. The number of hydrogen-bond acceptors (Lipinski definition) is 4. The number of carbonyl (C=O) groups excluding carboxylic acids is 3. The molecule has 2 heterocycles. The number of alkyl halides is 2. The number of halogens is 2. The summed E-state index contributed by atoms with van der Waals surface area (Å²) in [6, 6.07) is 13.4. The van der Waals surface area contributed by atoms with Gasteiger partial charge in [-0.1, -0.05) is 18.2 Å². The lowest BCUT2D eigenvalue weighted by Gasteiger charge is -2.31. The van der Waals surface area contributed by atoms with Crippen LogP contribution in [0.3, 0.4) is 0 Å². The van der Waals surface area contributed by atoms with E-state index in [-0.39, 0.29) is 37.6 Å². The quantitative estimate of drug-likeness (QED) is 0.741.